The van der Waals surface area contributed by atoms with E-state index < -0.39 is 0 Å². The van der Waals surface area contributed by atoms with E-state index in [2.05, 4.69) is 46.4 Å². The van der Waals surface area contributed by atoms with Crippen molar-refractivity contribution < 1.29 is 9.47 Å². The van der Waals surface area contributed by atoms with Crippen LogP contribution in [0.2, 0.25) is 0 Å². The highest BCUT2D eigenvalue weighted by Gasteiger charge is 2.42. The van der Waals surface area contributed by atoms with Gasteiger partial charge in [-0.2, -0.15) is 5.10 Å². The summed E-state index contributed by atoms with van der Waals surface area (Å²) in [5.41, 5.74) is 4.89. The lowest BCUT2D eigenvalue weighted by atomic mass is 9.84. The van der Waals surface area contributed by atoms with Gasteiger partial charge in [0, 0.05) is 25.9 Å². The van der Waals surface area contributed by atoms with Gasteiger partial charge in [0.25, 0.3) is 0 Å². The second kappa shape index (κ2) is 8.27. The summed E-state index contributed by atoms with van der Waals surface area (Å²) in [7, 11) is 0. The zero-order valence-electron chi connectivity index (χ0n) is 16.9. The van der Waals surface area contributed by atoms with Crippen LogP contribution in [0.25, 0.3) is 5.52 Å². The third kappa shape index (κ3) is 3.95. The van der Waals surface area contributed by atoms with Crippen molar-refractivity contribution in [3.63, 3.8) is 0 Å². The number of pyridine rings is 1. The van der Waals surface area contributed by atoms with E-state index in [1.165, 1.54) is 17.5 Å². The quantitative estimate of drug-likeness (QED) is 0.567. The first-order chi connectivity index (χ1) is 14.3. The molecule has 0 aliphatic carbocycles. The van der Waals surface area contributed by atoms with Crippen molar-refractivity contribution in [2.45, 2.75) is 44.5 Å². The summed E-state index contributed by atoms with van der Waals surface area (Å²) in [6.07, 6.45) is 6.45. The molecule has 5 rings (SSSR count). The summed E-state index contributed by atoms with van der Waals surface area (Å²) in [5, 5.41) is 4.53. The van der Waals surface area contributed by atoms with Crippen molar-refractivity contribution in [1.82, 2.24) is 14.5 Å². The number of benzene rings is 1. The number of likely N-dealkylation sites (tertiary alicyclic amines) is 1. The van der Waals surface area contributed by atoms with Crippen LogP contribution in [0.5, 0.6) is 0 Å². The number of piperidine rings is 1. The Kier molecular flexibility index (Phi) is 5.36. The highest BCUT2D eigenvalue weighted by Crippen LogP contribution is 2.43. The molecule has 0 saturated carbocycles. The van der Waals surface area contributed by atoms with Crippen LogP contribution < -0.4 is 0 Å². The largest absolute Gasteiger partial charge is 0.375 e. The normalized spacial score (nSPS) is 18.5. The Hall–Kier alpha value is -2.21. The van der Waals surface area contributed by atoms with Gasteiger partial charge >= 0.3 is 0 Å². The minimum absolute atomic E-state index is 0.0235. The molecule has 5 heteroatoms. The summed E-state index contributed by atoms with van der Waals surface area (Å²) in [6, 6.07) is 16.9. The number of ether oxygens (including phenoxy) is 2. The number of nitrogens with zero attached hydrogens (tertiary/aromatic N) is 3. The SMILES string of the molecule is c1ccc2c(c1)COC21CCN(CCCCOCc2cc3ccccn3n2)CC1. The van der Waals surface area contributed by atoms with Gasteiger partial charge in [0.15, 0.2) is 0 Å². The van der Waals surface area contributed by atoms with E-state index in [1.807, 2.05) is 22.8 Å². The van der Waals surface area contributed by atoms with Gasteiger partial charge in [0.2, 0.25) is 0 Å². The molecule has 2 aromatic heterocycles. The Morgan fingerprint density at radius 2 is 1.90 bits per heavy atom. The van der Waals surface area contributed by atoms with Crippen LogP contribution in [0.1, 0.15) is 42.5 Å². The van der Waals surface area contributed by atoms with Crippen LogP contribution in [0.3, 0.4) is 0 Å². The highest BCUT2D eigenvalue weighted by atomic mass is 16.5. The van der Waals surface area contributed by atoms with Crippen LogP contribution in [0.4, 0.5) is 0 Å². The number of hydrogen-bond donors (Lipinski definition) is 0. The summed E-state index contributed by atoms with van der Waals surface area (Å²) in [4.78, 5) is 2.58. The van der Waals surface area contributed by atoms with Crippen LogP contribution >= 0.6 is 0 Å². The Bertz CT molecular complexity index is 926. The predicted octanol–water partition coefficient (Wildman–Crippen LogP) is 4.15. The fraction of sp³-hybridized carbons (Fsp3) is 0.458. The third-order valence-corrected chi connectivity index (χ3v) is 6.36. The van der Waals surface area contributed by atoms with Crippen LogP contribution in [0, 0.1) is 0 Å². The van der Waals surface area contributed by atoms with Crippen molar-refractivity contribution in [3.8, 4) is 0 Å². The third-order valence-electron chi connectivity index (χ3n) is 6.36. The molecule has 5 nitrogen and oxygen atoms in total. The van der Waals surface area contributed by atoms with Crippen LogP contribution in [-0.4, -0.2) is 40.8 Å². The first-order valence-corrected chi connectivity index (χ1v) is 10.8. The summed E-state index contributed by atoms with van der Waals surface area (Å²) < 4.78 is 14.0. The molecule has 1 fully saturated rings. The maximum atomic E-state index is 6.27. The molecule has 0 atom stereocenters. The van der Waals surface area contributed by atoms with Gasteiger partial charge in [-0.1, -0.05) is 30.3 Å². The van der Waals surface area contributed by atoms with E-state index in [-0.39, 0.29) is 5.60 Å². The molecule has 0 unspecified atom stereocenters. The second-order valence-corrected chi connectivity index (χ2v) is 8.25. The standard InChI is InChI=1S/C24H29N3O2/c1-2-9-23-20(7-1)18-29-24(23)10-14-26(15-11-24)12-5-6-16-28-19-21-17-22-8-3-4-13-27(22)25-21/h1-4,7-9,13,17H,5-6,10-12,14-16,18-19H2. The predicted molar refractivity (Wildman–Crippen MR) is 113 cm³/mol. The molecule has 0 amide bonds. The molecule has 2 aliphatic heterocycles. The molecule has 152 valence electrons. The summed E-state index contributed by atoms with van der Waals surface area (Å²) in [6.45, 7) is 5.55. The van der Waals surface area contributed by atoms with Crippen molar-refractivity contribution in [3.05, 3.63) is 71.5 Å². The van der Waals surface area contributed by atoms with Crippen LogP contribution in [0.15, 0.2) is 54.7 Å². The first kappa shape index (κ1) is 18.8. The number of hydrogen-bond acceptors (Lipinski definition) is 4. The molecule has 1 aromatic carbocycles. The van der Waals surface area contributed by atoms with Gasteiger partial charge in [0.05, 0.1) is 30.0 Å². The Balaban J connectivity index is 1.01. The molecule has 1 saturated heterocycles. The average Bonchev–Trinajstić information content (AvgIpc) is 3.34. The lowest BCUT2D eigenvalue weighted by molar-refractivity contribution is -0.0789. The van der Waals surface area contributed by atoms with Crippen molar-refractivity contribution in [2.75, 3.05) is 26.2 Å². The average molecular weight is 392 g/mol. The van der Waals surface area contributed by atoms with E-state index in [0.717, 1.165) is 63.3 Å². The van der Waals surface area contributed by atoms with E-state index in [9.17, 15) is 0 Å². The topological polar surface area (TPSA) is 39.0 Å². The minimum atomic E-state index is -0.0235. The summed E-state index contributed by atoms with van der Waals surface area (Å²) >= 11 is 0. The lowest BCUT2D eigenvalue weighted by Gasteiger charge is -2.39. The maximum absolute atomic E-state index is 6.27. The molecule has 29 heavy (non-hydrogen) atoms. The molecule has 0 radical (unpaired) electrons. The van der Waals surface area contributed by atoms with Gasteiger partial charge in [-0.05, 0) is 61.6 Å². The molecular weight excluding hydrogens is 362 g/mol. The van der Waals surface area contributed by atoms with Gasteiger partial charge in [-0.3, -0.25) is 0 Å². The zero-order valence-corrected chi connectivity index (χ0v) is 16.9. The zero-order chi connectivity index (χ0) is 19.5. The molecular formula is C24H29N3O2. The number of rotatable bonds is 7. The molecule has 3 aromatic rings. The van der Waals surface area contributed by atoms with Crippen molar-refractivity contribution >= 4 is 5.52 Å². The first-order valence-electron chi connectivity index (χ1n) is 10.8. The maximum Gasteiger partial charge on any atom is 0.0963 e. The van der Waals surface area contributed by atoms with Crippen molar-refractivity contribution in [1.29, 1.82) is 0 Å². The molecule has 2 aliphatic rings. The molecule has 1 spiro atoms. The number of aromatic nitrogens is 2. The van der Waals surface area contributed by atoms with Crippen LogP contribution in [-0.2, 0) is 28.3 Å². The van der Waals surface area contributed by atoms with E-state index >= 15 is 0 Å². The van der Waals surface area contributed by atoms with Gasteiger partial charge < -0.3 is 14.4 Å². The Morgan fingerprint density at radius 1 is 1.03 bits per heavy atom. The van der Waals surface area contributed by atoms with E-state index in [1.54, 1.807) is 0 Å². The smallest absolute Gasteiger partial charge is 0.0963 e. The van der Waals surface area contributed by atoms with E-state index in [0.29, 0.717) is 6.61 Å². The second-order valence-electron chi connectivity index (χ2n) is 8.25. The van der Waals surface area contributed by atoms with Gasteiger partial charge in [-0.15, -0.1) is 0 Å². The number of unbranched alkanes of at least 4 members (excludes halogenated alkanes) is 1. The summed E-state index contributed by atoms with van der Waals surface area (Å²) in [5.74, 6) is 0. The Morgan fingerprint density at radius 3 is 2.79 bits per heavy atom. The molecule has 0 N–H and O–H groups in total. The Labute approximate surface area is 172 Å². The highest BCUT2D eigenvalue weighted by molar-refractivity contribution is 5.46. The number of fused-ring (bicyclic) bond motifs is 3. The lowest BCUT2D eigenvalue weighted by Crippen LogP contribution is -2.42. The minimum Gasteiger partial charge on any atom is -0.375 e. The van der Waals surface area contributed by atoms with Gasteiger partial charge in [-0.25, -0.2) is 4.52 Å². The fourth-order valence-corrected chi connectivity index (χ4v) is 4.71. The van der Waals surface area contributed by atoms with Crippen molar-refractivity contribution in [2.24, 2.45) is 0 Å². The molecule has 4 heterocycles. The van der Waals surface area contributed by atoms with E-state index in [4.69, 9.17) is 9.47 Å². The van der Waals surface area contributed by atoms with Gasteiger partial charge in [0.1, 0.15) is 0 Å². The monoisotopic (exact) mass is 391 g/mol. The molecule has 0 bridgehead atoms. The fourth-order valence-electron chi connectivity index (χ4n) is 4.71.